The van der Waals surface area contributed by atoms with Crippen molar-refractivity contribution in [1.82, 2.24) is 0 Å². The van der Waals surface area contributed by atoms with Gasteiger partial charge in [0.2, 0.25) is 0 Å². The van der Waals surface area contributed by atoms with Crippen LogP contribution in [0.5, 0.6) is 0 Å². The number of hydrogen-bond donors (Lipinski definition) is 1. The summed E-state index contributed by atoms with van der Waals surface area (Å²) in [6.45, 7) is 2.27. The molecule has 0 aliphatic rings. The van der Waals surface area contributed by atoms with Gasteiger partial charge >= 0.3 is 5.97 Å². The first-order chi connectivity index (χ1) is 13.8. The smallest absolute Gasteiger partial charge is 0.303 e. The van der Waals surface area contributed by atoms with Crippen LogP contribution in [0, 0.1) is 0 Å². The highest BCUT2D eigenvalue weighted by atomic mass is 16.4. The molecule has 0 rings (SSSR count). The van der Waals surface area contributed by atoms with Crippen molar-refractivity contribution in [2.75, 3.05) is 0 Å². The van der Waals surface area contributed by atoms with Gasteiger partial charge < -0.3 is 5.11 Å². The van der Waals surface area contributed by atoms with E-state index in [9.17, 15) is 4.79 Å². The lowest BCUT2D eigenvalue weighted by Crippen LogP contribution is -1.93. The second-order valence-corrected chi connectivity index (χ2v) is 8.19. The van der Waals surface area contributed by atoms with Gasteiger partial charge in [0, 0.05) is 6.42 Å². The van der Waals surface area contributed by atoms with Crippen molar-refractivity contribution >= 4 is 5.97 Å². The van der Waals surface area contributed by atoms with E-state index in [2.05, 4.69) is 31.2 Å². The van der Waals surface area contributed by atoms with E-state index in [4.69, 9.17) is 5.11 Å². The summed E-state index contributed by atoms with van der Waals surface area (Å²) in [6, 6.07) is 0. The van der Waals surface area contributed by atoms with Gasteiger partial charge in [0.15, 0.2) is 0 Å². The molecule has 0 spiro atoms. The zero-order valence-electron chi connectivity index (χ0n) is 18.8. The minimum Gasteiger partial charge on any atom is -0.481 e. The Balaban J connectivity index is 3.13. The third-order valence-electron chi connectivity index (χ3n) is 5.31. The molecular formula is C26H48O2. The van der Waals surface area contributed by atoms with Crippen LogP contribution < -0.4 is 0 Å². The maximum absolute atomic E-state index is 10.4. The molecule has 0 amide bonds. The van der Waals surface area contributed by atoms with Crippen LogP contribution in [0.1, 0.15) is 135 Å². The molecule has 0 aliphatic carbocycles. The average Bonchev–Trinajstić information content (AvgIpc) is 2.68. The molecule has 2 heteroatoms. The molecule has 28 heavy (non-hydrogen) atoms. The molecular weight excluding hydrogens is 344 g/mol. The molecule has 0 aromatic heterocycles. The molecule has 0 radical (unpaired) electrons. The lowest BCUT2D eigenvalue weighted by atomic mass is 10.1. The Kier molecular flexibility index (Phi) is 23.1. The van der Waals surface area contributed by atoms with Crippen LogP contribution in [0.2, 0.25) is 0 Å². The van der Waals surface area contributed by atoms with E-state index in [1.54, 1.807) is 0 Å². The zero-order valence-corrected chi connectivity index (χ0v) is 18.8. The molecule has 0 aromatic rings. The summed E-state index contributed by atoms with van der Waals surface area (Å²) < 4.78 is 0. The van der Waals surface area contributed by atoms with Gasteiger partial charge in [-0.25, -0.2) is 0 Å². The summed E-state index contributed by atoms with van der Waals surface area (Å²) in [4.78, 5) is 10.4. The summed E-state index contributed by atoms with van der Waals surface area (Å²) in [7, 11) is 0. The van der Waals surface area contributed by atoms with Gasteiger partial charge in [0.05, 0.1) is 0 Å². The molecule has 0 unspecified atom stereocenters. The quantitative estimate of drug-likeness (QED) is 0.147. The van der Waals surface area contributed by atoms with Crippen LogP contribution in [0.4, 0.5) is 0 Å². The van der Waals surface area contributed by atoms with Gasteiger partial charge in [-0.1, -0.05) is 95.4 Å². The Bertz CT molecular complexity index is 371. The highest BCUT2D eigenvalue weighted by molar-refractivity contribution is 5.66. The largest absolute Gasteiger partial charge is 0.481 e. The van der Waals surface area contributed by atoms with Gasteiger partial charge in [-0.2, -0.15) is 0 Å². The summed E-state index contributed by atoms with van der Waals surface area (Å²) >= 11 is 0. The van der Waals surface area contributed by atoms with Crippen molar-refractivity contribution in [3.05, 3.63) is 24.3 Å². The fourth-order valence-electron chi connectivity index (χ4n) is 3.46. The monoisotopic (exact) mass is 392 g/mol. The molecule has 0 saturated carbocycles. The number of carboxylic acid groups (broad SMARTS) is 1. The van der Waals surface area contributed by atoms with E-state index in [-0.39, 0.29) is 0 Å². The van der Waals surface area contributed by atoms with Crippen molar-refractivity contribution in [3.63, 3.8) is 0 Å². The van der Waals surface area contributed by atoms with E-state index in [1.165, 1.54) is 109 Å². The number of hydrogen-bond acceptors (Lipinski definition) is 1. The summed E-state index contributed by atoms with van der Waals surface area (Å²) in [6.07, 6.45) is 34.1. The van der Waals surface area contributed by atoms with E-state index in [0.29, 0.717) is 6.42 Å². The van der Waals surface area contributed by atoms with Crippen LogP contribution in [0.15, 0.2) is 24.3 Å². The summed E-state index contributed by atoms with van der Waals surface area (Å²) in [5, 5.41) is 8.57. The number of rotatable bonds is 22. The van der Waals surface area contributed by atoms with Crippen molar-refractivity contribution < 1.29 is 9.90 Å². The number of carboxylic acids is 1. The topological polar surface area (TPSA) is 37.3 Å². The first kappa shape index (κ1) is 27.0. The number of aliphatic carboxylic acids is 1. The highest BCUT2D eigenvalue weighted by Crippen LogP contribution is 2.11. The molecule has 164 valence electrons. The summed E-state index contributed by atoms with van der Waals surface area (Å²) in [5.41, 5.74) is 0. The van der Waals surface area contributed by atoms with E-state index in [1.807, 2.05) is 0 Å². The van der Waals surface area contributed by atoms with Crippen molar-refractivity contribution in [3.8, 4) is 0 Å². The van der Waals surface area contributed by atoms with Crippen molar-refractivity contribution in [2.45, 2.75) is 135 Å². The van der Waals surface area contributed by atoms with Gasteiger partial charge in [-0.15, -0.1) is 0 Å². The zero-order chi connectivity index (χ0) is 20.5. The van der Waals surface area contributed by atoms with Gasteiger partial charge in [-0.3, -0.25) is 4.79 Å². The van der Waals surface area contributed by atoms with E-state index >= 15 is 0 Å². The summed E-state index contributed by atoms with van der Waals surface area (Å²) in [5.74, 6) is -0.663. The Morgan fingerprint density at radius 2 is 0.857 bits per heavy atom. The second-order valence-electron chi connectivity index (χ2n) is 8.19. The first-order valence-electron chi connectivity index (χ1n) is 12.3. The second kappa shape index (κ2) is 24.0. The third-order valence-corrected chi connectivity index (χ3v) is 5.31. The van der Waals surface area contributed by atoms with Crippen LogP contribution in [-0.4, -0.2) is 11.1 Å². The Hall–Kier alpha value is -1.05. The molecule has 0 aromatic carbocycles. The molecule has 0 heterocycles. The fourth-order valence-corrected chi connectivity index (χ4v) is 3.46. The van der Waals surface area contributed by atoms with E-state index < -0.39 is 5.97 Å². The lowest BCUT2D eigenvalue weighted by molar-refractivity contribution is -0.137. The molecule has 2 nitrogen and oxygen atoms in total. The van der Waals surface area contributed by atoms with Crippen molar-refractivity contribution in [2.24, 2.45) is 0 Å². The molecule has 0 bridgehead atoms. The lowest BCUT2D eigenvalue weighted by Gasteiger charge is -2.00. The van der Waals surface area contributed by atoms with Crippen LogP contribution in [-0.2, 0) is 4.79 Å². The number of allylic oxidation sites excluding steroid dienone is 4. The fraction of sp³-hybridized carbons (Fsp3) is 0.808. The minimum absolute atomic E-state index is 0.330. The van der Waals surface area contributed by atoms with Gasteiger partial charge in [-0.05, 0) is 57.8 Å². The normalized spacial score (nSPS) is 11.8. The highest BCUT2D eigenvalue weighted by Gasteiger charge is 1.96. The number of unbranched alkanes of at least 4 members (excludes halogenated alkanes) is 16. The maximum Gasteiger partial charge on any atom is 0.303 e. The van der Waals surface area contributed by atoms with Gasteiger partial charge in [0.25, 0.3) is 0 Å². The van der Waals surface area contributed by atoms with Crippen molar-refractivity contribution in [1.29, 1.82) is 0 Å². The average molecular weight is 393 g/mol. The molecule has 0 fully saturated rings. The predicted octanol–water partition coefficient (Wildman–Crippen LogP) is 9.01. The first-order valence-corrected chi connectivity index (χ1v) is 12.3. The van der Waals surface area contributed by atoms with Gasteiger partial charge in [0.1, 0.15) is 0 Å². The van der Waals surface area contributed by atoms with Crippen LogP contribution in [0.25, 0.3) is 0 Å². The number of carbonyl (C=O) groups is 1. The van der Waals surface area contributed by atoms with E-state index in [0.717, 1.165) is 12.8 Å². The Morgan fingerprint density at radius 1 is 0.536 bits per heavy atom. The minimum atomic E-state index is -0.663. The SMILES string of the molecule is CCCCCC/C=C\CCCCCCCC/C=C\CCCCCCCC(=O)O. The van der Waals surface area contributed by atoms with Crippen LogP contribution >= 0.6 is 0 Å². The predicted molar refractivity (Wildman–Crippen MR) is 124 cm³/mol. The van der Waals surface area contributed by atoms with Crippen LogP contribution in [0.3, 0.4) is 0 Å². The third kappa shape index (κ3) is 24.9. The molecule has 0 atom stereocenters. The Morgan fingerprint density at radius 3 is 1.21 bits per heavy atom. The molecule has 1 N–H and O–H groups in total. The molecule has 0 aliphatic heterocycles. The Labute approximate surface area is 175 Å². The standard InChI is InChI=1S/C26H48O2/c1-2-3-4-5-6-7-8-9-10-11-12-13-14-15-16-17-18-19-20-21-22-23-24-25-26(27)28/h7-8,17-18H,2-6,9-16,19-25H2,1H3,(H,27,28)/b8-7-,18-17-. The molecule has 0 saturated heterocycles. The maximum atomic E-state index is 10.4.